The van der Waals surface area contributed by atoms with Crippen LogP contribution in [0.2, 0.25) is 0 Å². The second-order valence-electron chi connectivity index (χ2n) is 1.62. The lowest BCUT2D eigenvalue weighted by Crippen LogP contribution is -2.22. The summed E-state index contributed by atoms with van der Waals surface area (Å²) < 4.78 is 0. The highest BCUT2D eigenvalue weighted by Gasteiger charge is 1.80. The Morgan fingerprint density at radius 2 is 2.12 bits per heavy atom. The Hall–Kier alpha value is -0.0800. The summed E-state index contributed by atoms with van der Waals surface area (Å²) in [6, 6.07) is 0. The zero-order valence-corrected chi connectivity index (χ0v) is 5.78. The maximum absolute atomic E-state index is 4.15. The number of nitrogens with one attached hydrogen (secondary N) is 1. The van der Waals surface area contributed by atoms with Gasteiger partial charge in [0.15, 0.2) is 0 Å². The molecule has 0 aliphatic rings. The molecule has 0 aliphatic heterocycles. The molecule has 2 heteroatoms. The third kappa shape index (κ3) is 5.92. The topological polar surface area (TPSA) is 26.1 Å². The van der Waals surface area contributed by atoms with Crippen molar-refractivity contribution in [2.24, 2.45) is 0 Å². The molecule has 0 aromatic carbocycles. The second-order valence-corrected chi connectivity index (χ2v) is 1.62. The summed E-state index contributed by atoms with van der Waals surface area (Å²) in [6.07, 6.45) is 0. The van der Waals surface area contributed by atoms with Crippen LogP contribution in [0.4, 0.5) is 0 Å². The first-order chi connectivity index (χ1) is 3.91. The molecule has 49 valence electrons. The van der Waals surface area contributed by atoms with Crippen molar-refractivity contribution in [1.82, 2.24) is 10.6 Å². The Kier molecular flexibility index (Phi) is 6.85. The molecule has 0 saturated carbocycles. The van der Waals surface area contributed by atoms with E-state index in [2.05, 4.69) is 24.5 Å². The minimum atomic E-state index is 0.950. The van der Waals surface area contributed by atoms with Gasteiger partial charge in [-0.1, -0.05) is 13.8 Å². The van der Waals surface area contributed by atoms with Crippen LogP contribution >= 0.6 is 0 Å². The van der Waals surface area contributed by atoms with Crippen molar-refractivity contribution in [3.8, 4) is 0 Å². The smallest absolute Gasteiger partial charge is 0.0258 e. The van der Waals surface area contributed by atoms with Crippen molar-refractivity contribution in [2.45, 2.75) is 13.8 Å². The maximum Gasteiger partial charge on any atom is 0.0258 e. The third-order valence-electron chi connectivity index (χ3n) is 0.920. The van der Waals surface area contributed by atoms with Gasteiger partial charge in [0, 0.05) is 19.6 Å². The fraction of sp³-hybridized carbons (Fsp3) is 1.00. The van der Waals surface area contributed by atoms with Gasteiger partial charge in [-0.2, -0.15) is 0 Å². The van der Waals surface area contributed by atoms with Crippen LogP contribution in [0.3, 0.4) is 0 Å². The van der Waals surface area contributed by atoms with Crippen molar-refractivity contribution >= 4 is 0 Å². The van der Waals surface area contributed by atoms with Crippen LogP contribution in [0.1, 0.15) is 13.8 Å². The van der Waals surface area contributed by atoms with Crippen molar-refractivity contribution in [3.63, 3.8) is 0 Å². The van der Waals surface area contributed by atoms with E-state index >= 15 is 0 Å². The number of hydrogen-bond acceptors (Lipinski definition) is 1. The van der Waals surface area contributed by atoms with Gasteiger partial charge >= 0.3 is 0 Å². The molecule has 0 spiro atoms. The van der Waals surface area contributed by atoms with Crippen molar-refractivity contribution in [1.29, 1.82) is 0 Å². The van der Waals surface area contributed by atoms with Gasteiger partial charge in [0.2, 0.25) is 0 Å². The summed E-state index contributed by atoms with van der Waals surface area (Å²) in [7, 11) is 0. The zero-order chi connectivity index (χ0) is 6.24. The quantitative estimate of drug-likeness (QED) is 0.510. The SMILES string of the molecule is CC[N]CCNCC. The minimum Gasteiger partial charge on any atom is -0.316 e. The molecule has 0 amide bonds. The van der Waals surface area contributed by atoms with Gasteiger partial charge in [0.25, 0.3) is 0 Å². The standard InChI is InChI=1S/C6H15N2/c1-3-7-5-6-8-4-2/h7H,3-6H2,1-2H3. The van der Waals surface area contributed by atoms with Gasteiger partial charge in [-0.05, 0) is 6.54 Å². The molecule has 0 aromatic rings. The largest absolute Gasteiger partial charge is 0.316 e. The Morgan fingerprint density at radius 1 is 1.38 bits per heavy atom. The van der Waals surface area contributed by atoms with Crippen LogP contribution in [0.5, 0.6) is 0 Å². The average molecular weight is 115 g/mol. The average Bonchev–Trinajstić information content (AvgIpc) is 1.81. The molecule has 0 bridgehead atoms. The van der Waals surface area contributed by atoms with E-state index in [1.54, 1.807) is 0 Å². The Labute approximate surface area is 51.7 Å². The number of rotatable bonds is 5. The lowest BCUT2D eigenvalue weighted by Gasteiger charge is -1.97. The summed E-state index contributed by atoms with van der Waals surface area (Å²) in [5, 5.41) is 7.34. The number of likely N-dealkylation sites (N-methyl/N-ethyl adjacent to an activating group) is 2. The normalized spacial score (nSPS) is 9.75. The highest BCUT2D eigenvalue weighted by atomic mass is 14.9. The van der Waals surface area contributed by atoms with E-state index in [9.17, 15) is 0 Å². The van der Waals surface area contributed by atoms with Crippen LogP contribution in [0.25, 0.3) is 0 Å². The Bertz CT molecular complexity index is 31.5. The lowest BCUT2D eigenvalue weighted by atomic mass is 10.6. The highest BCUT2D eigenvalue weighted by molar-refractivity contribution is 4.45. The fourth-order valence-corrected chi connectivity index (χ4v) is 0.493. The fourth-order valence-electron chi connectivity index (χ4n) is 0.493. The van der Waals surface area contributed by atoms with Crippen molar-refractivity contribution in [3.05, 3.63) is 0 Å². The summed E-state index contributed by atoms with van der Waals surface area (Å²) >= 11 is 0. The lowest BCUT2D eigenvalue weighted by molar-refractivity contribution is 0.632. The van der Waals surface area contributed by atoms with E-state index in [-0.39, 0.29) is 0 Å². The van der Waals surface area contributed by atoms with Gasteiger partial charge in [0.1, 0.15) is 0 Å². The monoisotopic (exact) mass is 115 g/mol. The third-order valence-corrected chi connectivity index (χ3v) is 0.920. The number of hydrogen-bond donors (Lipinski definition) is 1. The van der Waals surface area contributed by atoms with Crippen LogP contribution in [0.15, 0.2) is 0 Å². The summed E-state index contributed by atoms with van der Waals surface area (Å²) in [6.45, 7) is 8.16. The summed E-state index contributed by atoms with van der Waals surface area (Å²) in [5.74, 6) is 0. The second kappa shape index (κ2) is 6.92. The summed E-state index contributed by atoms with van der Waals surface area (Å²) in [5.41, 5.74) is 0. The zero-order valence-electron chi connectivity index (χ0n) is 5.78. The molecule has 8 heavy (non-hydrogen) atoms. The molecular weight excluding hydrogens is 100 g/mol. The molecule has 0 heterocycles. The first-order valence-corrected chi connectivity index (χ1v) is 3.25. The minimum absolute atomic E-state index is 0.950. The van der Waals surface area contributed by atoms with E-state index in [1.165, 1.54) is 0 Å². The van der Waals surface area contributed by atoms with E-state index < -0.39 is 0 Å². The van der Waals surface area contributed by atoms with E-state index in [4.69, 9.17) is 0 Å². The molecule has 1 radical (unpaired) electrons. The predicted molar refractivity (Wildman–Crippen MR) is 36.1 cm³/mol. The molecular formula is C6H15N2. The predicted octanol–water partition coefficient (Wildman–Crippen LogP) is 0.220. The van der Waals surface area contributed by atoms with Gasteiger partial charge in [-0.25, -0.2) is 5.32 Å². The first-order valence-electron chi connectivity index (χ1n) is 3.25. The van der Waals surface area contributed by atoms with Gasteiger partial charge in [0.05, 0.1) is 0 Å². The van der Waals surface area contributed by atoms with Crippen molar-refractivity contribution < 1.29 is 0 Å². The maximum atomic E-state index is 4.15. The molecule has 1 N–H and O–H groups in total. The van der Waals surface area contributed by atoms with Gasteiger partial charge in [-0.15, -0.1) is 0 Å². The van der Waals surface area contributed by atoms with Gasteiger partial charge < -0.3 is 5.32 Å². The van der Waals surface area contributed by atoms with E-state index in [0.717, 1.165) is 26.2 Å². The van der Waals surface area contributed by atoms with Gasteiger partial charge in [-0.3, -0.25) is 0 Å². The van der Waals surface area contributed by atoms with Crippen LogP contribution in [-0.4, -0.2) is 26.2 Å². The summed E-state index contributed by atoms with van der Waals surface area (Å²) in [4.78, 5) is 0. The van der Waals surface area contributed by atoms with Crippen LogP contribution < -0.4 is 10.6 Å². The molecule has 0 saturated heterocycles. The Balaban J connectivity index is 2.53. The number of nitrogens with zero attached hydrogens (tertiary/aromatic N) is 1. The Morgan fingerprint density at radius 3 is 2.62 bits per heavy atom. The van der Waals surface area contributed by atoms with Crippen molar-refractivity contribution in [2.75, 3.05) is 26.2 Å². The van der Waals surface area contributed by atoms with Crippen LogP contribution in [0, 0.1) is 0 Å². The molecule has 2 nitrogen and oxygen atoms in total. The molecule has 0 aromatic heterocycles. The van der Waals surface area contributed by atoms with E-state index in [0.29, 0.717) is 0 Å². The highest BCUT2D eigenvalue weighted by Crippen LogP contribution is 1.59. The molecule has 0 aliphatic carbocycles. The molecule has 0 unspecified atom stereocenters. The van der Waals surface area contributed by atoms with Crippen LogP contribution in [-0.2, 0) is 0 Å². The molecule has 0 fully saturated rings. The first kappa shape index (κ1) is 7.92. The molecule has 0 atom stereocenters. The molecule has 0 rings (SSSR count). The van der Waals surface area contributed by atoms with E-state index in [1.807, 2.05) is 0 Å².